The van der Waals surface area contributed by atoms with E-state index in [9.17, 15) is 8.42 Å². The molecule has 2 fully saturated rings. The third-order valence-corrected chi connectivity index (χ3v) is 6.97. The molecule has 0 aromatic carbocycles. The molecule has 1 N–H and O–H groups in total. The molecule has 0 spiro atoms. The van der Waals surface area contributed by atoms with Crippen LogP contribution in [0, 0.1) is 18.8 Å². The van der Waals surface area contributed by atoms with Crippen LogP contribution >= 0.6 is 11.3 Å². The molecule has 0 amide bonds. The van der Waals surface area contributed by atoms with Gasteiger partial charge in [-0.25, -0.2) is 8.42 Å². The number of hydrogen-bond donors (Lipinski definition) is 1. The number of nitrogens with zero attached hydrogens (tertiary/aromatic N) is 1. The summed E-state index contributed by atoms with van der Waals surface area (Å²) in [6.45, 7) is 5.21. The van der Waals surface area contributed by atoms with Gasteiger partial charge in [0.25, 0.3) is 10.0 Å². The smallest absolute Gasteiger partial charge is 0.252 e. The van der Waals surface area contributed by atoms with E-state index in [1.807, 2.05) is 13.0 Å². The molecule has 2 aliphatic rings. The first-order valence-electron chi connectivity index (χ1n) is 5.84. The van der Waals surface area contributed by atoms with Gasteiger partial charge in [-0.1, -0.05) is 0 Å². The second kappa shape index (κ2) is 4.05. The summed E-state index contributed by atoms with van der Waals surface area (Å²) >= 11 is 1.36. The molecule has 1 aromatic heterocycles. The summed E-state index contributed by atoms with van der Waals surface area (Å²) in [4.78, 5) is 1.05. The summed E-state index contributed by atoms with van der Waals surface area (Å²) in [6.07, 6.45) is 0. The minimum atomic E-state index is -3.24. The zero-order chi connectivity index (χ0) is 12.0. The van der Waals surface area contributed by atoms with Crippen LogP contribution in [0.4, 0.5) is 0 Å². The van der Waals surface area contributed by atoms with Crippen LogP contribution in [0.5, 0.6) is 0 Å². The summed E-state index contributed by atoms with van der Waals surface area (Å²) < 4.78 is 26.9. The first-order chi connectivity index (χ1) is 8.07. The Hall–Kier alpha value is -0.430. The number of thiophene rings is 1. The second-order valence-corrected chi connectivity index (χ2v) is 8.32. The minimum Gasteiger partial charge on any atom is -0.316 e. The number of rotatable bonds is 2. The van der Waals surface area contributed by atoms with Crippen LogP contribution in [0.1, 0.15) is 4.88 Å². The zero-order valence-electron chi connectivity index (χ0n) is 9.72. The fourth-order valence-corrected chi connectivity index (χ4v) is 5.68. The second-order valence-electron chi connectivity index (χ2n) is 4.87. The van der Waals surface area contributed by atoms with Crippen LogP contribution in [0.3, 0.4) is 0 Å². The number of hydrogen-bond acceptors (Lipinski definition) is 4. The maximum absolute atomic E-state index is 12.4. The molecular formula is C11H16N2O2S2. The maximum Gasteiger partial charge on any atom is 0.252 e. The van der Waals surface area contributed by atoms with Crippen LogP contribution in [-0.2, 0) is 10.0 Å². The largest absolute Gasteiger partial charge is 0.316 e. The molecule has 1 aromatic rings. The van der Waals surface area contributed by atoms with Crippen LogP contribution in [0.2, 0.25) is 0 Å². The molecule has 0 saturated carbocycles. The van der Waals surface area contributed by atoms with Gasteiger partial charge in [0.2, 0.25) is 0 Å². The van der Waals surface area contributed by atoms with Crippen molar-refractivity contribution in [1.82, 2.24) is 9.62 Å². The van der Waals surface area contributed by atoms with E-state index in [-0.39, 0.29) is 0 Å². The average Bonchev–Trinajstić information content (AvgIpc) is 2.89. The van der Waals surface area contributed by atoms with Crippen molar-refractivity contribution in [2.45, 2.75) is 11.1 Å². The Bertz CT molecular complexity index is 511. The molecule has 0 radical (unpaired) electrons. The topological polar surface area (TPSA) is 49.4 Å². The van der Waals surface area contributed by atoms with Gasteiger partial charge in [-0.3, -0.25) is 0 Å². The molecule has 0 aliphatic carbocycles. The Labute approximate surface area is 106 Å². The summed E-state index contributed by atoms with van der Waals surface area (Å²) in [7, 11) is -3.24. The first kappa shape index (κ1) is 11.6. The van der Waals surface area contributed by atoms with E-state index in [1.165, 1.54) is 11.3 Å². The third-order valence-electron chi connectivity index (χ3n) is 3.67. The lowest BCUT2D eigenvalue weighted by Crippen LogP contribution is -2.31. The van der Waals surface area contributed by atoms with E-state index in [2.05, 4.69) is 5.32 Å². The Kier molecular flexibility index (Phi) is 2.77. The van der Waals surface area contributed by atoms with Crippen molar-refractivity contribution in [2.24, 2.45) is 11.8 Å². The fraction of sp³-hybridized carbons (Fsp3) is 0.636. The molecule has 3 rings (SSSR count). The van der Waals surface area contributed by atoms with E-state index < -0.39 is 10.0 Å². The minimum absolute atomic E-state index is 0.489. The molecule has 2 saturated heterocycles. The van der Waals surface area contributed by atoms with Crippen LogP contribution < -0.4 is 5.32 Å². The Morgan fingerprint density at radius 3 is 2.47 bits per heavy atom. The van der Waals surface area contributed by atoms with Gasteiger partial charge in [0.15, 0.2) is 0 Å². The van der Waals surface area contributed by atoms with Crippen LogP contribution in [0.15, 0.2) is 16.3 Å². The van der Waals surface area contributed by atoms with Crippen molar-refractivity contribution in [3.63, 3.8) is 0 Å². The van der Waals surface area contributed by atoms with Crippen molar-refractivity contribution in [1.29, 1.82) is 0 Å². The standard InChI is InChI=1S/C11H16N2O2S2/c1-8-2-3-11(16-8)17(14,15)13-6-9-4-12-5-10(9)7-13/h2-3,9-10,12H,4-7H2,1H3. The fourth-order valence-electron chi connectivity index (χ4n) is 2.69. The molecule has 6 heteroatoms. The van der Waals surface area contributed by atoms with E-state index in [4.69, 9.17) is 0 Å². The van der Waals surface area contributed by atoms with Crippen molar-refractivity contribution < 1.29 is 8.42 Å². The molecule has 3 heterocycles. The van der Waals surface area contributed by atoms with Crippen molar-refractivity contribution in [3.05, 3.63) is 17.0 Å². The SMILES string of the molecule is Cc1ccc(S(=O)(=O)N2CC3CNCC3C2)s1. The van der Waals surface area contributed by atoms with Gasteiger partial charge in [-0.15, -0.1) is 11.3 Å². The van der Waals surface area contributed by atoms with E-state index in [0.717, 1.165) is 18.0 Å². The Morgan fingerprint density at radius 2 is 1.94 bits per heavy atom. The normalized spacial score (nSPS) is 29.7. The lowest BCUT2D eigenvalue weighted by Gasteiger charge is -2.15. The van der Waals surface area contributed by atoms with Gasteiger partial charge in [0.05, 0.1) is 0 Å². The summed E-state index contributed by atoms with van der Waals surface area (Å²) in [5, 5.41) is 3.32. The lowest BCUT2D eigenvalue weighted by atomic mass is 10.0. The highest BCUT2D eigenvalue weighted by atomic mass is 32.2. The van der Waals surface area contributed by atoms with Gasteiger partial charge >= 0.3 is 0 Å². The first-order valence-corrected chi connectivity index (χ1v) is 8.10. The molecule has 2 unspecified atom stereocenters. The highest BCUT2D eigenvalue weighted by Crippen LogP contribution is 2.32. The van der Waals surface area contributed by atoms with Crippen molar-refractivity contribution in [2.75, 3.05) is 26.2 Å². The summed E-state index contributed by atoms with van der Waals surface area (Å²) in [5.41, 5.74) is 0. The predicted molar refractivity (Wildman–Crippen MR) is 67.7 cm³/mol. The van der Waals surface area contributed by atoms with Crippen LogP contribution in [-0.4, -0.2) is 38.9 Å². The molecule has 2 atom stereocenters. The molecule has 94 valence electrons. The zero-order valence-corrected chi connectivity index (χ0v) is 11.4. The molecule has 17 heavy (non-hydrogen) atoms. The quantitative estimate of drug-likeness (QED) is 0.870. The Morgan fingerprint density at radius 1 is 1.29 bits per heavy atom. The van der Waals surface area contributed by atoms with E-state index in [1.54, 1.807) is 10.4 Å². The number of nitrogens with one attached hydrogen (secondary N) is 1. The van der Waals surface area contributed by atoms with E-state index >= 15 is 0 Å². The third kappa shape index (κ3) is 1.93. The summed E-state index contributed by atoms with van der Waals surface area (Å²) in [5.74, 6) is 1.01. The molecule has 2 aliphatic heterocycles. The molecular weight excluding hydrogens is 256 g/mol. The highest BCUT2D eigenvalue weighted by molar-refractivity contribution is 7.91. The lowest BCUT2D eigenvalue weighted by molar-refractivity contribution is 0.449. The van der Waals surface area contributed by atoms with Gasteiger partial charge in [0, 0.05) is 18.0 Å². The van der Waals surface area contributed by atoms with Gasteiger partial charge < -0.3 is 5.32 Å². The molecule has 4 nitrogen and oxygen atoms in total. The molecule has 0 bridgehead atoms. The van der Waals surface area contributed by atoms with Gasteiger partial charge in [-0.05, 0) is 44.0 Å². The highest BCUT2D eigenvalue weighted by Gasteiger charge is 2.41. The maximum atomic E-state index is 12.4. The van der Waals surface area contributed by atoms with Crippen LogP contribution in [0.25, 0.3) is 0 Å². The Balaban J connectivity index is 1.85. The number of aryl methyl sites for hydroxylation is 1. The monoisotopic (exact) mass is 272 g/mol. The number of sulfonamides is 1. The van der Waals surface area contributed by atoms with E-state index in [0.29, 0.717) is 29.1 Å². The number of fused-ring (bicyclic) bond motifs is 1. The summed E-state index contributed by atoms with van der Waals surface area (Å²) in [6, 6.07) is 3.59. The predicted octanol–water partition coefficient (Wildman–Crippen LogP) is 0.896. The van der Waals surface area contributed by atoms with Crippen molar-refractivity contribution >= 4 is 21.4 Å². The van der Waals surface area contributed by atoms with Gasteiger partial charge in [-0.2, -0.15) is 4.31 Å². The van der Waals surface area contributed by atoms with Gasteiger partial charge in [0.1, 0.15) is 4.21 Å². The average molecular weight is 272 g/mol. The van der Waals surface area contributed by atoms with Crippen molar-refractivity contribution in [3.8, 4) is 0 Å².